The molecule has 5 rings (SSSR count). The molecule has 0 aliphatic rings. The van der Waals surface area contributed by atoms with Gasteiger partial charge in [-0.1, -0.05) is 12.6 Å². The van der Waals surface area contributed by atoms with Crippen molar-refractivity contribution < 1.29 is 13.2 Å². The van der Waals surface area contributed by atoms with Crippen LogP contribution in [0.3, 0.4) is 0 Å². The summed E-state index contributed by atoms with van der Waals surface area (Å²) in [5, 5.41) is 3.19. The molecule has 0 aliphatic carbocycles. The summed E-state index contributed by atoms with van der Waals surface area (Å²) in [6.45, 7) is 6.01. The number of halogens is 3. The van der Waals surface area contributed by atoms with E-state index in [1.807, 2.05) is 25.1 Å². The quantitative estimate of drug-likeness (QED) is 0.314. The summed E-state index contributed by atoms with van der Waals surface area (Å²) < 4.78 is 42.6. The Balaban J connectivity index is 1.55. The predicted octanol–water partition coefficient (Wildman–Crippen LogP) is 6.87. The SMILES string of the molecule is C=C(Nc1ccc(F)cc1)c1cc(-c2cccn3c(-c4cc(F)cc(F)c4)ncc23)cnc1C. The lowest BCUT2D eigenvalue weighted by Gasteiger charge is -2.14. The van der Waals surface area contributed by atoms with E-state index in [0.29, 0.717) is 22.8 Å². The van der Waals surface area contributed by atoms with Crippen LogP contribution in [0.15, 0.2) is 85.8 Å². The molecule has 0 amide bonds. The Labute approximate surface area is 194 Å². The molecule has 3 heterocycles. The number of fused-ring (bicyclic) bond motifs is 1. The Bertz CT molecular complexity index is 1520. The molecule has 5 aromatic rings. The Morgan fingerprint density at radius 2 is 1.59 bits per heavy atom. The highest BCUT2D eigenvalue weighted by atomic mass is 19.1. The number of pyridine rings is 2. The molecular formula is C27H19F3N4. The van der Waals surface area contributed by atoms with Crippen LogP contribution in [0.1, 0.15) is 11.3 Å². The van der Waals surface area contributed by atoms with E-state index in [9.17, 15) is 13.2 Å². The number of nitrogens with one attached hydrogen (secondary N) is 1. The number of aromatic nitrogens is 3. The van der Waals surface area contributed by atoms with Crippen molar-refractivity contribution in [2.45, 2.75) is 6.92 Å². The minimum Gasteiger partial charge on any atom is -0.355 e. The lowest BCUT2D eigenvalue weighted by molar-refractivity contribution is 0.584. The fourth-order valence-electron chi connectivity index (χ4n) is 3.92. The molecule has 0 spiro atoms. The molecule has 4 nitrogen and oxygen atoms in total. The number of hydrogen-bond acceptors (Lipinski definition) is 3. The van der Waals surface area contributed by atoms with Gasteiger partial charge in [-0.2, -0.15) is 0 Å². The van der Waals surface area contributed by atoms with Crippen LogP contribution in [0.5, 0.6) is 0 Å². The van der Waals surface area contributed by atoms with E-state index in [2.05, 4.69) is 21.9 Å². The number of hydrogen-bond donors (Lipinski definition) is 1. The highest BCUT2D eigenvalue weighted by Crippen LogP contribution is 2.31. The molecule has 0 saturated heterocycles. The molecule has 7 heteroatoms. The monoisotopic (exact) mass is 456 g/mol. The molecule has 0 aliphatic heterocycles. The van der Waals surface area contributed by atoms with E-state index in [1.54, 1.807) is 35.1 Å². The second-order valence-electron chi connectivity index (χ2n) is 7.88. The molecule has 2 aromatic carbocycles. The molecule has 1 N–H and O–H groups in total. The molecule has 0 bridgehead atoms. The van der Waals surface area contributed by atoms with Gasteiger partial charge in [0.2, 0.25) is 0 Å². The average Bonchev–Trinajstić information content (AvgIpc) is 3.25. The average molecular weight is 456 g/mol. The first kappa shape index (κ1) is 21.5. The van der Waals surface area contributed by atoms with Crippen molar-refractivity contribution in [3.8, 4) is 22.5 Å². The molecule has 168 valence electrons. The Kier molecular flexibility index (Phi) is 5.37. The van der Waals surface area contributed by atoms with E-state index in [4.69, 9.17) is 0 Å². The zero-order valence-electron chi connectivity index (χ0n) is 18.2. The fraction of sp³-hybridized carbons (Fsp3) is 0.0370. The van der Waals surface area contributed by atoms with Crippen molar-refractivity contribution in [3.05, 3.63) is 115 Å². The maximum Gasteiger partial charge on any atom is 0.144 e. The summed E-state index contributed by atoms with van der Waals surface area (Å²) in [5.74, 6) is -1.21. The van der Waals surface area contributed by atoms with Gasteiger partial charge in [0.05, 0.1) is 11.7 Å². The van der Waals surface area contributed by atoms with E-state index in [0.717, 1.165) is 34.0 Å². The lowest BCUT2D eigenvalue weighted by atomic mass is 10.0. The van der Waals surface area contributed by atoms with Crippen molar-refractivity contribution >= 4 is 16.9 Å². The van der Waals surface area contributed by atoms with Crippen LogP contribution < -0.4 is 5.32 Å². The van der Waals surface area contributed by atoms with E-state index in [-0.39, 0.29) is 5.82 Å². The van der Waals surface area contributed by atoms with E-state index in [1.165, 1.54) is 24.3 Å². The van der Waals surface area contributed by atoms with Gasteiger partial charge in [0.1, 0.15) is 23.3 Å². The zero-order chi connectivity index (χ0) is 23.8. The third-order valence-electron chi connectivity index (χ3n) is 5.55. The van der Waals surface area contributed by atoms with Crippen LogP contribution in [0.2, 0.25) is 0 Å². The first-order valence-corrected chi connectivity index (χ1v) is 10.5. The maximum absolute atomic E-state index is 13.8. The van der Waals surface area contributed by atoms with E-state index < -0.39 is 11.6 Å². The number of benzene rings is 2. The first-order valence-electron chi connectivity index (χ1n) is 10.5. The number of rotatable bonds is 5. The Hall–Kier alpha value is -4.39. The van der Waals surface area contributed by atoms with Gasteiger partial charge in [-0.25, -0.2) is 18.2 Å². The van der Waals surface area contributed by atoms with Crippen LogP contribution >= 0.6 is 0 Å². The molecule has 0 atom stereocenters. The summed E-state index contributed by atoms with van der Waals surface area (Å²) in [7, 11) is 0. The topological polar surface area (TPSA) is 42.2 Å². The number of anilines is 1. The number of nitrogens with zero attached hydrogens (tertiary/aromatic N) is 3. The molecule has 0 radical (unpaired) electrons. The number of imidazole rings is 1. The summed E-state index contributed by atoms with van der Waals surface area (Å²) in [4.78, 5) is 8.96. The van der Waals surface area contributed by atoms with Crippen molar-refractivity contribution in [2.24, 2.45) is 0 Å². The van der Waals surface area contributed by atoms with Crippen molar-refractivity contribution in [2.75, 3.05) is 5.32 Å². The van der Waals surface area contributed by atoms with Gasteiger partial charge >= 0.3 is 0 Å². The van der Waals surface area contributed by atoms with Crippen molar-refractivity contribution in [1.82, 2.24) is 14.4 Å². The highest BCUT2D eigenvalue weighted by molar-refractivity contribution is 5.85. The molecule has 0 saturated carbocycles. The van der Waals surface area contributed by atoms with Crippen molar-refractivity contribution in [1.29, 1.82) is 0 Å². The van der Waals surface area contributed by atoms with Crippen LogP contribution in [0.4, 0.5) is 18.9 Å². The van der Waals surface area contributed by atoms with Gasteiger partial charge in [-0.3, -0.25) is 9.38 Å². The van der Waals surface area contributed by atoms with Crippen LogP contribution in [0.25, 0.3) is 33.7 Å². The molecule has 0 unspecified atom stereocenters. The van der Waals surface area contributed by atoms with Crippen LogP contribution in [0, 0.1) is 24.4 Å². The van der Waals surface area contributed by atoms with Crippen LogP contribution in [-0.4, -0.2) is 14.4 Å². The first-order chi connectivity index (χ1) is 16.4. The molecule has 3 aromatic heterocycles. The molecule has 0 fully saturated rings. The normalized spacial score (nSPS) is 11.1. The summed E-state index contributed by atoms with van der Waals surface area (Å²) in [6.07, 6.45) is 5.22. The summed E-state index contributed by atoms with van der Waals surface area (Å²) in [5.41, 5.74) is 5.68. The largest absolute Gasteiger partial charge is 0.355 e. The van der Waals surface area contributed by atoms with Gasteiger partial charge in [0.25, 0.3) is 0 Å². The third-order valence-corrected chi connectivity index (χ3v) is 5.55. The van der Waals surface area contributed by atoms with Gasteiger partial charge < -0.3 is 5.32 Å². The fourth-order valence-corrected chi connectivity index (χ4v) is 3.92. The lowest BCUT2D eigenvalue weighted by Crippen LogP contribution is -2.01. The minimum atomic E-state index is -0.664. The second-order valence-corrected chi connectivity index (χ2v) is 7.88. The summed E-state index contributed by atoms with van der Waals surface area (Å²) in [6, 6.07) is 15.1. The third kappa shape index (κ3) is 4.03. The zero-order valence-corrected chi connectivity index (χ0v) is 18.2. The van der Waals surface area contributed by atoms with Gasteiger partial charge in [-0.15, -0.1) is 0 Å². The molecule has 34 heavy (non-hydrogen) atoms. The van der Waals surface area contributed by atoms with Crippen LogP contribution in [-0.2, 0) is 0 Å². The highest BCUT2D eigenvalue weighted by Gasteiger charge is 2.14. The Morgan fingerprint density at radius 3 is 2.32 bits per heavy atom. The predicted molar refractivity (Wildman–Crippen MR) is 128 cm³/mol. The van der Waals surface area contributed by atoms with Crippen molar-refractivity contribution in [3.63, 3.8) is 0 Å². The molecular weight excluding hydrogens is 437 g/mol. The van der Waals surface area contributed by atoms with Gasteiger partial charge in [0.15, 0.2) is 0 Å². The Morgan fingerprint density at radius 1 is 0.853 bits per heavy atom. The summed E-state index contributed by atoms with van der Waals surface area (Å²) >= 11 is 0. The second kappa shape index (κ2) is 8.51. The minimum absolute atomic E-state index is 0.315. The van der Waals surface area contributed by atoms with E-state index >= 15 is 0 Å². The number of aryl methyl sites for hydroxylation is 1. The van der Waals surface area contributed by atoms with Gasteiger partial charge in [0, 0.05) is 57.8 Å². The standard InChI is InChI=1S/C27H19F3N4/c1-16-25(17(2)33-23-7-5-20(28)6-8-23)12-19(14-31-16)24-4-3-9-34-26(24)15-32-27(34)18-10-21(29)13-22(30)11-18/h3-15,33H,2H2,1H3. The smallest absolute Gasteiger partial charge is 0.144 e. The van der Waals surface area contributed by atoms with Gasteiger partial charge in [-0.05, 0) is 55.5 Å². The maximum atomic E-state index is 13.8.